The van der Waals surface area contributed by atoms with Crippen LogP contribution in [0, 0.1) is 5.82 Å². The lowest BCUT2D eigenvalue weighted by atomic mass is 10.2. The minimum atomic E-state index is -4.76. The zero-order chi connectivity index (χ0) is 22.9. The quantitative estimate of drug-likeness (QED) is 0.382. The number of aromatic nitrogens is 4. The molecule has 4 aromatic rings. The van der Waals surface area contributed by atoms with Crippen LogP contribution in [-0.2, 0) is 13.5 Å². The fourth-order valence-electron chi connectivity index (χ4n) is 3.34. The highest BCUT2D eigenvalue weighted by Crippen LogP contribution is 2.31. The van der Waals surface area contributed by atoms with Gasteiger partial charge in [0.15, 0.2) is 11.6 Å². The molecule has 0 saturated carbocycles. The van der Waals surface area contributed by atoms with E-state index in [4.69, 9.17) is 0 Å². The second kappa shape index (κ2) is 8.45. The summed E-state index contributed by atoms with van der Waals surface area (Å²) >= 11 is 0. The van der Waals surface area contributed by atoms with Gasteiger partial charge in [-0.2, -0.15) is 5.10 Å². The second-order valence-electron chi connectivity index (χ2n) is 7.12. The lowest BCUT2D eigenvalue weighted by Gasteiger charge is -2.12. The Kier molecular flexibility index (Phi) is 5.68. The number of hydrogen-bond donors (Lipinski definition) is 1. The number of fused-ring (bicyclic) bond motifs is 1. The molecule has 32 heavy (non-hydrogen) atoms. The van der Waals surface area contributed by atoms with Crippen molar-refractivity contribution in [1.82, 2.24) is 19.7 Å². The van der Waals surface area contributed by atoms with E-state index in [1.54, 1.807) is 23.9 Å². The maximum atomic E-state index is 13.4. The lowest BCUT2D eigenvalue weighted by Crippen LogP contribution is -2.17. The third-order valence-corrected chi connectivity index (χ3v) is 4.69. The van der Waals surface area contributed by atoms with Crippen LogP contribution < -0.4 is 10.1 Å². The van der Waals surface area contributed by atoms with E-state index in [0.29, 0.717) is 40.3 Å². The van der Waals surface area contributed by atoms with Gasteiger partial charge in [0.1, 0.15) is 22.6 Å². The van der Waals surface area contributed by atoms with Gasteiger partial charge in [0.2, 0.25) is 0 Å². The molecule has 0 saturated heterocycles. The summed E-state index contributed by atoms with van der Waals surface area (Å²) in [6.45, 7) is 2.03. The van der Waals surface area contributed by atoms with Crippen LogP contribution in [0.15, 0.2) is 48.5 Å². The van der Waals surface area contributed by atoms with Gasteiger partial charge in [0.05, 0.1) is 5.69 Å². The first-order valence-electron chi connectivity index (χ1n) is 9.86. The molecule has 10 heteroatoms. The monoisotopic (exact) mass is 445 g/mol. The average Bonchev–Trinajstić information content (AvgIpc) is 3.05. The Morgan fingerprint density at radius 1 is 1.00 bits per heavy atom. The Labute approximate surface area is 180 Å². The fraction of sp³-hybridized carbons (Fsp3) is 0.227. The molecule has 166 valence electrons. The number of aryl methyl sites for hydroxylation is 2. The standard InChI is InChI=1S/C22H19F4N5O/c1-3-4-17-18-19(31(2)30-17)21(29-20(28-18)13-5-7-14(23)8-6-13)27-15-9-11-16(12-10-15)32-22(24,25)26/h5-12H,3-4H2,1-2H3,(H,27,28,29). The minimum Gasteiger partial charge on any atom is -0.406 e. The maximum Gasteiger partial charge on any atom is 0.573 e. The van der Waals surface area contributed by atoms with Crippen LogP contribution >= 0.6 is 0 Å². The van der Waals surface area contributed by atoms with E-state index in [9.17, 15) is 17.6 Å². The van der Waals surface area contributed by atoms with E-state index in [0.717, 1.165) is 12.1 Å². The van der Waals surface area contributed by atoms with Gasteiger partial charge < -0.3 is 10.1 Å². The average molecular weight is 445 g/mol. The van der Waals surface area contributed by atoms with Crippen molar-refractivity contribution >= 4 is 22.5 Å². The van der Waals surface area contributed by atoms with Crippen LogP contribution in [0.3, 0.4) is 0 Å². The predicted octanol–water partition coefficient (Wildman–Crippen LogP) is 5.76. The highest BCUT2D eigenvalue weighted by atomic mass is 19.4. The summed E-state index contributed by atoms with van der Waals surface area (Å²) < 4.78 is 56.2. The third kappa shape index (κ3) is 4.63. The van der Waals surface area contributed by atoms with Crippen molar-refractivity contribution in [3.05, 3.63) is 60.0 Å². The number of rotatable bonds is 6. The molecule has 0 fully saturated rings. The smallest absolute Gasteiger partial charge is 0.406 e. The molecular formula is C22H19F4N5O. The van der Waals surface area contributed by atoms with Crippen LogP contribution in [0.1, 0.15) is 19.0 Å². The van der Waals surface area contributed by atoms with Gasteiger partial charge in [-0.05, 0) is 55.0 Å². The van der Waals surface area contributed by atoms with Crippen molar-refractivity contribution in [1.29, 1.82) is 0 Å². The summed E-state index contributed by atoms with van der Waals surface area (Å²) in [6, 6.07) is 11.1. The summed E-state index contributed by atoms with van der Waals surface area (Å²) in [4.78, 5) is 9.26. The van der Waals surface area contributed by atoms with Crippen molar-refractivity contribution < 1.29 is 22.3 Å². The number of nitrogens with zero attached hydrogens (tertiary/aromatic N) is 4. The van der Waals surface area contributed by atoms with Gasteiger partial charge in [0, 0.05) is 18.3 Å². The van der Waals surface area contributed by atoms with Crippen LogP contribution in [0.25, 0.3) is 22.4 Å². The van der Waals surface area contributed by atoms with Crippen molar-refractivity contribution in [2.45, 2.75) is 26.1 Å². The van der Waals surface area contributed by atoms with Gasteiger partial charge in [-0.25, -0.2) is 14.4 Å². The molecular weight excluding hydrogens is 426 g/mol. The van der Waals surface area contributed by atoms with Gasteiger partial charge in [-0.3, -0.25) is 4.68 Å². The number of hydrogen-bond acceptors (Lipinski definition) is 5. The van der Waals surface area contributed by atoms with Gasteiger partial charge in [-0.15, -0.1) is 13.2 Å². The van der Waals surface area contributed by atoms with Crippen LogP contribution in [0.5, 0.6) is 5.75 Å². The van der Waals surface area contributed by atoms with Crippen molar-refractivity contribution in [3.8, 4) is 17.1 Å². The van der Waals surface area contributed by atoms with Gasteiger partial charge in [0.25, 0.3) is 0 Å². The number of ether oxygens (including phenoxy) is 1. The molecule has 0 aliphatic carbocycles. The predicted molar refractivity (Wildman–Crippen MR) is 112 cm³/mol. The topological polar surface area (TPSA) is 64.9 Å². The van der Waals surface area contributed by atoms with Crippen molar-refractivity contribution in [3.63, 3.8) is 0 Å². The van der Waals surface area contributed by atoms with E-state index in [1.807, 2.05) is 6.92 Å². The van der Waals surface area contributed by atoms with Gasteiger partial charge in [-0.1, -0.05) is 13.3 Å². The molecule has 0 aliphatic rings. The molecule has 1 N–H and O–H groups in total. The molecule has 0 spiro atoms. The molecule has 0 unspecified atom stereocenters. The molecule has 4 rings (SSSR count). The zero-order valence-corrected chi connectivity index (χ0v) is 17.2. The lowest BCUT2D eigenvalue weighted by molar-refractivity contribution is -0.274. The molecule has 6 nitrogen and oxygen atoms in total. The van der Waals surface area contributed by atoms with E-state index in [1.165, 1.54) is 36.4 Å². The molecule has 0 radical (unpaired) electrons. The molecule has 0 aliphatic heterocycles. The molecule has 0 bridgehead atoms. The highest BCUT2D eigenvalue weighted by molar-refractivity contribution is 5.91. The SMILES string of the molecule is CCCc1nn(C)c2c(Nc3ccc(OC(F)(F)F)cc3)nc(-c3ccc(F)cc3)nc12. The largest absolute Gasteiger partial charge is 0.573 e. The van der Waals surface area contributed by atoms with Crippen molar-refractivity contribution in [2.24, 2.45) is 7.05 Å². The van der Waals surface area contributed by atoms with Gasteiger partial charge >= 0.3 is 6.36 Å². The minimum absolute atomic E-state index is 0.325. The van der Waals surface area contributed by atoms with Crippen LogP contribution in [0.4, 0.5) is 29.1 Å². The third-order valence-electron chi connectivity index (χ3n) is 4.69. The Hall–Kier alpha value is -3.69. The highest BCUT2D eigenvalue weighted by Gasteiger charge is 2.31. The Bertz CT molecular complexity index is 1230. The Morgan fingerprint density at radius 3 is 2.31 bits per heavy atom. The Balaban J connectivity index is 1.77. The molecule has 2 aromatic heterocycles. The summed E-state index contributed by atoms with van der Waals surface area (Å²) in [5, 5.41) is 7.69. The normalized spacial score (nSPS) is 11.7. The molecule has 2 heterocycles. The van der Waals surface area contributed by atoms with Crippen LogP contribution in [-0.4, -0.2) is 26.1 Å². The van der Waals surface area contributed by atoms with E-state index in [-0.39, 0.29) is 11.6 Å². The number of halogens is 4. The molecule has 0 amide bonds. The Morgan fingerprint density at radius 2 is 1.69 bits per heavy atom. The number of anilines is 2. The summed E-state index contributed by atoms with van der Waals surface area (Å²) in [7, 11) is 1.77. The first-order valence-corrected chi connectivity index (χ1v) is 9.86. The van der Waals surface area contributed by atoms with E-state index >= 15 is 0 Å². The fourth-order valence-corrected chi connectivity index (χ4v) is 3.34. The molecule has 0 atom stereocenters. The van der Waals surface area contributed by atoms with E-state index in [2.05, 4.69) is 25.1 Å². The zero-order valence-electron chi connectivity index (χ0n) is 17.2. The number of benzene rings is 2. The second-order valence-corrected chi connectivity index (χ2v) is 7.12. The first kappa shape index (κ1) is 21.5. The maximum absolute atomic E-state index is 13.4. The summed E-state index contributed by atoms with van der Waals surface area (Å²) in [5.41, 5.74) is 3.23. The van der Waals surface area contributed by atoms with Crippen molar-refractivity contribution in [2.75, 3.05) is 5.32 Å². The van der Waals surface area contributed by atoms with Crippen LogP contribution in [0.2, 0.25) is 0 Å². The first-order chi connectivity index (χ1) is 15.2. The van der Waals surface area contributed by atoms with E-state index < -0.39 is 6.36 Å². The summed E-state index contributed by atoms with van der Waals surface area (Å²) in [5.74, 6) is 0.106. The number of alkyl halides is 3. The summed E-state index contributed by atoms with van der Waals surface area (Å²) in [6.07, 6.45) is -3.19. The molecule has 2 aromatic carbocycles. The number of nitrogens with one attached hydrogen (secondary N) is 1.